The molecular weight excluding hydrogens is 270 g/mol. The number of benzene rings is 1. The number of aliphatic hydroxyl groups is 1. The van der Waals surface area contributed by atoms with Gasteiger partial charge in [0.05, 0.1) is 6.10 Å². The first-order valence-corrected chi connectivity index (χ1v) is 8.62. The normalized spacial score (nSPS) is 22.5. The molecule has 20 heavy (non-hydrogen) atoms. The van der Waals surface area contributed by atoms with Crippen molar-refractivity contribution in [2.24, 2.45) is 5.92 Å². The van der Waals surface area contributed by atoms with E-state index in [4.69, 9.17) is 0 Å². The zero-order chi connectivity index (χ0) is 14.4. The Morgan fingerprint density at radius 2 is 2.10 bits per heavy atom. The number of aliphatic hydroxyl groups excluding tert-OH is 1. The SMILES string of the molecule is CSCc1cccc(C(=O)NCC2CCC(O)CC2)c1. The van der Waals surface area contributed by atoms with E-state index in [1.165, 1.54) is 5.56 Å². The third-order valence-corrected chi connectivity index (χ3v) is 4.49. The van der Waals surface area contributed by atoms with Crippen LogP contribution in [0.1, 0.15) is 41.6 Å². The van der Waals surface area contributed by atoms with Gasteiger partial charge in [0.1, 0.15) is 0 Å². The molecule has 1 saturated carbocycles. The molecule has 0 atom stereocenters. The molecule has 1 fully saturated rings. The van der Waals surface area contributed by atoms with E-state index in [0.29, 0.717) is 5.92 Å². The minimum atomic E-state index is -0.134. The van der Waals surface area contributed by atoms with Gasteiger partial charge in [0.25, 0.3) is 5.91 Å². The first kappa shape index (κ1) is 15.4. The zero-order valence-electron chi connectivity index (χ0n) is 12.0. The van der Waals surface area contributed by atoms with E-state index in [1.54, 1.807) is 11.8 Å². The van der Waals surface area contributed by atoms with Crippen LogP contribution in [0.2, 0.25) is 0 Å². The Morgan fingerprint density at radius 1 is 1.35 bits per heavy atom. The lowest BCUT2D eigenvalue weighted by atomic mass is 9.87. The molecule has 1 aromatic rings. The maximum atomic E-state index is 12.1. The molecule has 0 radical (unpaired) electrons. The number of nitrogens with one attached hydrogen (secondary N) is 1. The molecule has 0 saturated heterocycles. The van der Waals surface area contributed by atoms with Gasteiger partial charge in [-0.05, 0) is 55.6 Å². The van der Waals surface area contributed by atoms with Gasteiger partial charge in [-0.2, -0.15) is 11.8 Å². The number of hydrogen-bond acceptors (Lipinski definition) is 3. The van der Waals surface area contributed by atoms with E-state index >= 15 is 0 Å². The summed E-state index contributed by atoms with van der Waals surface area (Å²) in [5, 5.41) is 12.5. The molecule has 0 bridgehead atoms. The summed E-state index contributed by atoms with van der Waals surface area (Å²) < 4.78 is 0. The molecule has 3 nitrogen and oxygen atoms in total. The predicted molar refractivity (Wildman–Crippen MR) is 84.0 cm³/mol. The van der Waals surface area contributed by atoms with E-state index in [2.05, 4.69) is 17.6 Å². The summed E-state index contributed by atoms with van der Waals surface area (Å²) in [6, 6.07) is 7.83. The molecular formula is C16H23NO2S. The molecule has 0 aromatic heterocycles. The third-order valence-electron chi connectivity index (χ3n) is 3.87. The van der Waals surface area contributed by atoms with Crippen LogP contribution < -0.4 is 5.32 Å². The Hall–Kier alpha value is -1.00. The monoisotopic (exact) mass is 293 g/mol. The van der Waals surface area contributed by atoms with Gasteiger partial charge in [0.2, 0.25) is 0 Å². The van der Waals surface area contributed by atoms with Crippen molar-refractivity contribution in [1.82, 2.24) is 5.32 Å². The second-order valence-electron chi connectivity index (χ2n) is 5.52. The predicted octanol–water partition coefficient (Wildman–Crippen LogP) is 2.83. The number of rotatable bonds is 5. The van der Waals surface area contributed by atoms with Gasteiger partial charge < -0.3 is 10.4 Å². The lowest BCUT2D eigenvalue weighted by Crippen LogP contribution is -2.32. The molecule has 0 unspecified atom stereocenters. The van der Waals surface area contributed by atoms with E-state index in [1.807, 2.05) is 18.2 Å². The van der Waals surface area contributed by atoms with E-state index in [-0.39, 0.29) is 12.0 Å². The van der Waals surface area contributed by atoms with E-state index < -0.39 is 0 Å². The molecule has 2 rings (SSSR count). The molecule has 2 N–H and O–H groups in total. The number of hydrogen-bond donors (Lipinski definition) is 2. The van der Waals surface area contributed by atoms with Crippen molar-refractivity contribution in [2.75, 3.05) is 12.8 Å². The van der Waals surface area contributed by atoms with Gasteiger partial charge >= 0.3 is 0 Å². The van der Waals surface area contributed by atoms with Crippen molar-refractivity contribution >= 4 is 17.7 Å². The van der Waals surface area contributed by atoms with Crippen molar-refractivity contribution < 1.29 is 9.90 Å². The zero-order valence-corrected chi connectivity index (χ0v) is 12.8. The largest absolute Gasteiger partial charge is 0.393 e. The maximum Gasteiger partial charge on any atom is 0.251 e. The van der Waals surface area contributed by atoms with Crippen LogP contribution in [0.5, 0.6) is 0 Å². The minimum Gasteiger partial charge on any atom is -0.393 e. The fraction of sp³-hybridized carbons (Fsp3) is 0.562. The van der Waals surface area contributed by atoms with Gasteiger partial charge in [0, 0.05) is 17.9 Å². The molecule has 4 heteroatoms. The smallest absolute Gasteiger partial charge is 0.251 e. The molecule has 0 spiro atoms. The second kappa shape index (κ2) is 7.70. The quantitative estimate of drug-likeness (QED) is 0.877. The molecule has 0 aliphatic heterocycles. The van der Waals surface area contributed by atoms with Crippen molar-refractivity contribution in [3.63, 3.8) is 0 Å². The van der Waals surface area contributed by atoms with Crippen LogP contribution in [0.15, 0.2) is 24.3 Å². The van der Waals surface area contributed by atoms with Crippen LogP contribution >= 0.6 is 11.8 Å². The molecule has 1 aliphatic carbocycles. The average Bonchev–Trinajstić information content (AvgIpc) is 2.47. The number of amides is 1. The summed E-state index contributed by atoms with van der Waals surface area (Å²) in [5.74, 6) is 1.46. The van der Waals surface area contributed by atoms with Crippen LogP contribution in [-0.2, 0) is 5.75 Å². The number of carbonyl (C=O) groups excluding carboxylic acids is 1. The van der Waals surface area contributed by atoms with Crippen LogP contribution in [-0.4, -0.2) is 29.9 Å². The average molecular weight is 293 g/mol. The lowest BCUT2D eigenvalue weighted by Gasteiger charge is -2.25. The van der Waals surface area contributed by atoms with E-state index in [9.17, 15) is 9.90 Å². The van der Waals surface area contributed by atoms with Crippen LogP contribution in [0.4, 0.5) is 0 Å². The Bertz CT molecular complexity index is 442. The van der Waals surface area contributed by atoms with E-state index in [0.717, 1.165) is 43.5 Å². The molecule has 1 aromatic carbocycles. The number of carbonyl (C=O) groups is 1. The van der Waals surface area contributed by atoms with Gasteiger partial charge in [-0.25, -0.2) is 0 Å². The Balaban J connectivity index is 1.83. The van der Waals surface area contributed by atoms with Gasteiger partial charge in [0.15, 0.2) is 0 Å². The van der Waals surface area contributed by atoms with Crippen LogP contribution in [0.3, 0.4) is 0 Å². The maximum absolute atomic E-state index is 12.1. The van der Waals surface area contributed by atoms with Crippen molar-refractivity contribution in [1.29, 1.82) is 0 Å². The summed E-state index contributed by atoms with van der Waals surface area (Å²) in [4.78, 5) is 12.1. The fourth-order valence-electron chi connectivity index (χ4n) is 2.66. The van der Waals surface area contributed by atoms with Gasteiger partial charge in [-0.3, -0.25) is 4.79 Å². The van der Waals surface area contributed by atoms with Crippen molar-refractivity contribution in [3.05, 3.63) is 35.4 Å². The standard InChI is InChI=1S/C16H23NO2S/c1-20-11-13-3-2-4-14(9-13)16(19)17-10-12-5-7-15(18)8-6-12/h2-4,9,12,15,18H,5-8,10-11H2,1H3,(H,17,19). The van der Waals surface area contributed by atoms with Crippen LogP contribution in [0.25, 0.3) is 0 Å². The Labute approximate surface area is 125 Å². The summed E-state index contributed by atoms with van der Waals surface area (Å²) in [6.45, 7) is 0.721. The lowest BCUT2D eigenvalue weighted by molar-refractivity contribution is 0.0910. The third kappa shape index (κ3) is 4.53. The molecule has 1 amide bonds. The summed E-state index contributed by atoms with van der Waals surface area (Å²) >= 11 is 1.76. The highest BCUT2D eigenvalue weighted by Crippen LogP contribution is 2.23. The van der Waals surface area contributed by atoms with Crippen molar-refractivity contribution in [2.45, 2.75) is 37.5 Å². The fourth-order valence-corrected chi connectivity index (χ4v) is 3.17. The Kier molecular flexibility index (Phi) is 5.92. The summed E-state index contributed by atoms with van der Waals surface area (Å²) in [5.41, 5.74) is 1.93. The highest BCUT2D eigenvalue weighted by atomic mass is 32.2. The molecule has 0 heterocycles. The Morgan fingerprint density at radius 3 is 2.80 bits per heavy atom. The summed E-state index contributed by atoms with van der Waals surface area (Å²) in [7, 11) is 0. The second-order valence-corrected chi connectivity index (χ2v) is 6.38. The molecule has 110 valence electrons. The van der Waals surface area contributed by atoms with Gasteiger partial charge in [-0.15, -0.1) is 0 Å². The highest BCUT2D eigenvalue weighted by Gasteiger charge is 2.19. The highest BCUT2D eigenvalue weighted by molar-refractivity contribution is 7.97. The van der Waals surface area contributed by atoms with Gasteiger partial charge in [-0.1, -0.05) is 12.1 Å². The first-order valence-electron chi connectivity index (χ1n) is 7.23. The minimum absolute atomic E-state index is 0.0130. The number of thioether (sulfide) groups is 1. The summed E-state index contributed by atoms with van der Waals surface area (Å²) in [6.07, 6.45) is 5.67. The topological polar surface area (TPSA) is 49.3 Å². The first-order chi connectivity index (χ1) is 9.69. The molecule has 1 aliphatic rings. The van der Waals surface area contributed by atoms with Crippen molar-refractivity contribution in [3.8, 4) is 0 Å². The van der Waals surface area contributed by atoms with Crippen LogP contribution in [0, 0.1) is 5.92 Å².